The van der Waals surface area contributed by atoms with Crippen LogP contribution in [0.5, 0.6) is 0 Å². The zero-order chi connectivity index (χ0) is 15.2. The fraction of sp³-hybridized carbons (Fsp3) is 0.938. The third-order valence-corrected chi connectivity index (χ3v) is 3.80. The van der Waals surface area contributed by atoms with Gasteiger partial charge in [-0.05, 0) is 60.0 Å². The van der Waals surface area contributed by atoms with Crippen LogP contribution in [0.15, 0.2) is 0 Å². The number of piperidine rings is 1. The molecule has 0 aliphatic carbocycles. The third-order valence-electron chi connectivity index (χ3n) is 3.80. The van der Waals surface area contributed by atoms with Gasteiger partial charge in [0.25, 0.3) is 0 Å². The Morgan fingerprint density at radius 3 is 2.60 bits per heavy atom. The molecule has 1 aliphatic rings. The number of nitrogens with one attached hydrogen (secondary N) is 2. The molecule has 1 aliphatic heterocycles. The molecule has 4 nitrogen and oxygen atoms in total. The van der Waals surface area contributed by atoms with E-state index in [2.05, 4.69) is 22.5 Å². The Balaban J connectivity index is 2.56. The summed E-state index contributed by atoms with van der Waals surface area (Å²) in [6.45, 7) is 13.4. The van der Waals surface area contributed by atoms with Gasteiger partial charge >= 0.3 is 0 Å². The molecular formula is C16H33N3O. The summed E-state index contributed by atoms with van der Waals surface area (Å²) in [4.78, 5) is 14.7. The molecule has 0 aromatic carbocycles. The molecule has 118 valence electrons. The number of nitrogens with zero attached hydrogens (tertiary/aromatic N) is 1. The van der Waals surface area contributed by atoms with Crippen molar-refractivity contribution >= 4 is 5.91 Å². The number of rotatable bonds is 6. The lowest BCUT2D eigenvalue weighted by Crippen LogP contribution is -2.54. The SMILES string of the molecule is CCCN(CC1CCCCN1)C(C)C(=O)NC(C)(C)C. The lowest BCUT2D eigenvalue weighted by molar-refractivity contribution is -0.127. The molecule has 2 N–H and O–H groups in total. The van der Waals surface area contributed by atoms with Gasteiger partial charge in [0, 0.05) is 18.1 Å². The minimum absolute atomic E-state index is 0.0575. The average molecular weight is 283 g/mol. The topological polar surface area (TPSA) is 44.4 Å². The van der Waals surface area contributed by atoms with Gasteiger partial charge in [0.05, 0.1) is 6.04 Å². The summed E-state index contributed by atoms with van der Waals surface area (Å²) >= 11 is 0. The maximum Gasteiger partial charge on any atom is 0.237 e. The lowest BCUT2D eigenvalue weighted by atomic mass is 10.0. The normalized spacial score (nSPS) is 21.8. The molecule has 0 bridgehead atoms. The van der Waals surface area contributed by atoms with E-state index >= 15 is 0 Å². The molecule has 0 aromatic heterocycles. The van der Waals surface area contributed by atoms with Crippen LogP contribution < -0.4 is 10.6 Å². The highest BCUT2D eigenvalue weighted by Gasteiger charge is 2.26. The second-order valence-corrected chi connectivity index (χ2v) is 7.06. The Labute approximate surface area is 124 Å². The number of amides is 1. The van der Waals surface area contributed by atoms with E-state index in [4.69, 9.17) is 0 Å². The highest BCUT2D eigenvalue weighted by Crippen LogP contribution is 2.12. The summed E-state index contributed by atoms with van der Waals surface area (Å²) in [5, 5.41) is 6.67. The second kappa shape index (κ2) is 7.99. The molecule has 1 heterocycles. The van der Waals surface area contributed by atoms with Crippen LogP contribution in [-0.4, -0.2) is 48.1 Å². The maximum absolute atomic E-state index is 12.3. The minimum Gasteiger partial charge on any atom is -0.350 e. The van der Waals surface area contributed by atoms with Gasteiger partial charge in [0.15, 0.2) is 0 Å². The summed E-state index contributed by atoms with van der Waals surface area (Å²) in [6.07, 6.45) is 4.90. The van der Waals surface area contributed by atoms with Crippen molar-refractivity contribution in [3.8, 4) is 0 Å². The van der Waals surface area contributed by atoms with Crippen molar-refractivity contribution in [3.63, 3.8) is 0 Å². The quantitative estimate of drug-likeness (QED) is 0.785. The molecule has 0 aromatic rings. The van der Waals surface area contributed by atoms with Crippen LogP contribution >= 0.6 is 0 Å². The van der Waals surface area contributed by atoms with Crippen LogP contribution in [-0.2, 0) is 4.79 Å². The van der Waals surface area contributed by atoms with Crippen LogP contribution in [0.4, 0.5) is 0 Å². The van der Waals surface area contributed by atoms with Gasteiger partial charge in [0.1, 0.15) is 0 Å². The van der Waals surface area contributed by atoms with Crippen LogP contribution in [0.25, 0.3) is 0 Å². The van der Waals surface area contributed by atoms with Crippen LogP contribution in [0.2, 0.25) is 0 Å². The van der Waals surface area contributed by atoms with E-state index in [1.165, 1.54) is 19.3 Å². The van der Waals surface area contributed by atoms with E-state index in [9.17, 15) is 4.79 Å². The monoisotopic (exact) mass is 283 g/mol. The number of carbonyl (C=O) groups excluding carboxylic acids is 1. The predicted octanol–water partition coefficient (Wildman–Crippen LogP) is 2.14. The highest BCUT2D eigenvalue weighted by molar-refractivity contribution is 5.81. The first-order chi connectivity index (χ1) is 9.33. The molecule has 0 radical (unpaired) electrons. The standard InChI is InChI=1S/C16H33N3O/c1-6-11-19(12-14-9-7-8-10-17-14)13(2)15(20)18-16(3,4)5/h13-14,17H,6-12H2,1-5H3,(H,18,20). The van der Waals surface area contributed by atoms with Gasteiger partial charge in [0.2, 0.25) is 5.91 Å². The largest absolute Gasteiger partial charge is 0.350 e. The minimum atomic E-state index is -0.160. The van der Waals surface area contributed by atoms with E-state index in [1.807, 2.05) is 27.7 Å². The molecule has 20 heavy (non-hydrogen) atoms. The molecule has 1 rings (SSSR count). The Hall–Kier alpha value is -0.610. The van der Waals surface area contributed by atoms with Crippen LogP contribution in [0, 0.1) is 0 Å². The first-order valence-electron chi connectivity index (χ1n) is 8.13. The third kappa shape index (κ3) is 6.23. The number of hydrogen-bond acceptors (Lipinski definition) is 3. The summed E-state index contributed by atoms with van der Waals surface area (Å²) in [7, 11) is 0. The van der Waals surface area contributed by atoms with Gasteiger partial charge in [-0.3, -0.25) is 9.69 Å². The highest BCUT2D eigenvalue weighted by atomic mass is 16.2. The predicted molar refractivity (Wildman–Crippen MR) is 84.9 cm³/mol. The van der Waals surface area contributed by atoms with Crippen molar-refractivity contribution in [2.45, 2.75) is 77.9 Å². The first kappa shape index (κ1) is 17.4. The number of carbonyl (C=O) groups is 1. The van der Waals surface area contributed by atoms with Crippen molar-refractivity contribution in [1.82, 2.24) is 15.5 Å². The molecule has 2 atom stereocenters. The molecule has 1 amide bonds. The summed E-state index contributed by atoms with van der Waals surface area (Å²) in [6, 6.07) is 0.484. The van der Waals surface area contributed by atoms with Gasteiger partial charge < -0.3 is 10.6 Å². The fourth-order valence-corrected chi connectivity index (χ4v) is 2.73. The molecule has 0 spiro atoms. The fourth-order valence-electron chi connectivity index (χ4n) is 2.73. The van der Waals surface area contributed by atoms with Crippen molar-refractivity contribution in [3.05, 3.63) is 0 Å². The van der Waals surface area contributed by atoms with Crippen LogP contribution in [0.1, 0.15) is 60.3 Å². The van der Waals surface area contributed by atoms with Gasteiger partial charge in [-0.2, -0.15) is 0 Å². The van der Waals surface area contributed by atoms with E-state index in [0.717, 1.165) is 26.1 Å². The smallest absolute Gasteiger partial charge is 0.237 e. The molecule has 1 fully saturated rings. The zero-order valence-electron chi connectivity index (χ0n) is 14.0. The Kier molecular flexibility index (Phi) is 6.96. The second-order valence-electron chi connectivity index (χ2n) is 7.06. The van der Waals surface area contributed by atoms with E-state index < -0.39 is 0 Å². The van der Waals surface area contributed by atoms with Crippen molar-refractivity contribution in [2.75, 3.05) is 19.6 Å². The Morgan fingerprint density at radius 1 is 1.40 bits per heavy atom. The van der Waals surface area contributed by atoms with Crippen molar-refractivity contribution < 1.29 is 4.79 Å². The van der Waals surface area contributed by atoms with Gasteiger partial charge in [-0.15, -0.1) is 0 Å². The van der Waals surface area contributed by atoms with Gasteiger partial charge in [-0.1, -0.05) is 13.3 Å². The molecule has 4 heteroatoms. The number of hydrogen-bond donors (Lipinski definition) is 2. The van der Waals surface area contributed by atoms with Crippen molar-refractivity contribution in [1.29, 1.82) is 0 Å². The van der Waals surface area contributed by atoms with Crippen molar-refractivity contribution in [2.24, 2.45) is 0 Å². The summed E-state index contributed by atoms with van der Waals surface area (Å²) in [5.74, 6) is 0.141. The first-order valence-corrected chi connectivity index (χ1v) is 8.13. The summed E-state index contributed by atoms with van der Waals surface area (Å²) < 4.78 is 0. The van der Waals surface area contributed by atoms with Crippen LogP contribution in [0.3, 0.4) is 0 Å². The molecular weight excluding hydrogens is 250 g/mol. The lowest BCUT2D eigenvalue weighted by Gasteiger charge is -2.35. The summed E-state index contributed by atoms with van der Waals surface area (Å²) in [5.41, 5.74) is -0.160. The Morgan fingerprint density at radius 2 is 2.10 bits per heavy atom. The zero-order valence-corrected chi connectivity index (χ0v) is 14.0. The van der Waals surface area contributed by atoms with E-state index in [0.29, 0.717) is 6.04 Å². The molecule has 2 unspecified atom stereocenters. The van der Waals surface area contributed by atoms with Gasteiger partial charge in [-0.25, -0.2) is 0 Å². The maximum atomic E-state index is 12.3. The Bertz CT molecular complexity index is 293. The van der Waals surface area contributed by atoms with E-state index in [-0.39, 0.29) is 17.5 Å². The molecule has 0 saturated carbocycles. The van der Waals surface area contributed by atoms with E-state index in [1.54, 1.807) is 0 Å². The molecule has 1 saturated heterocycles. The average Bonchev–Trinajstić information content (AvgIpc) is 2.36.